The van der Waals surface area contributed by atoms with Crippen molar-refractivity contribution >= 4 is 15.9 Å². The van der Waals surface area contributed by atoms with E-state index in [2.05, 4.69) is 21.2 Å². The van der Waals surface area contributed by atoms with Crippen molar-refractivity contribution in [2.45, 2.75) is 26.5 Å². The Morgan fingerprint density at radius 2 is 2.12 bits per heavy atom. The van der Waals surface area contributed by atoms with E-state index in [0.717, 1.165) is 5.56 Å². The fourth-order valence-electron chi connectivity index (χ4n) is 1.25. The summed E-state index contributed by atoms with van der Waals surface area (Å²) in [6, 6.07) is 5.02. The molecule has 0 fully saturated rings. The van der Waals surface area contributed by atoms with E-state index in [-0.39, 0.29) is 17.8 Å². The maximum absolute atomic E-state index is 13.2. The third-order valence-electron chi connectivity index (χ3n) is 2.44. The molecular weight excluding hydrogens is 273 g/mol. The fourth-order valence-corrected chi connectivity index (χ4v) is 1.50. The zero-order valence-electron chi connectivity index (χ0n) is 9.50. The van der Waals surface area contributed by atoms with Gasteiger partial charge in [0.25, 0.3) is 0 Å². The summed E-state index contributed by atoms with van der Waals surface area (Å²) in [7, 11) is 0. The molecule has 1 aromatic carbocycles. The Balaban J connectivity index is 2.40. The molecule has 1 rings (SSSR count). The molecular formula is C12H17BrFNO. The van der Waals surface area contributed by atoms with Crippen molar-refractivity contribution in [3.63, 3.8) is 0 Å². The highest BCUT2D eigenvalue weighted by atomic mass is 79.9. The summed E-state index contributed by atoms with van der Waals surface area (Å²) in [6.45, 7) is 5.01. The summed E-state index contributed by atoms with van der Waals surface area (Å²) < 4.78 is 13.6. The second-order valence-electron chi connectivity index (χ2n) is 4.19. The average Bonchev–Trinajstić information content (AvgIpc) is 2.23. The second kappa shape index (κ2) is 6.33. The standard InChI is InChI=1S/C12H17BrFNO/c1-8(2)12(16)7-15-6-9-3-4-10(13)11(14)5-9/h3-5,8,12,15-16H,6-7H2,1-2H3. The van der Waals surface area contributed by atoms with Crippen LogP contribution in [0.1, 0.15) is 19.4 Å². The van der Waals surface area contributed by atoms with Crippen LogP contribution in [0.2, 0.25) is 0 Å². The summed E-state index contributed by atoms with van der Waals surface area (Å²) >= 11 is 3.10. The zero-order valence-corrected chi connectivity index (χ0v) is 11.1. The second-order valence-corrected chi connectivity index (χ2v) is 5.05. The van der Waals surface area contributed by atoms with Crippen LogP contribution < -0.4 is 5.32 Å². The van der Waals surface area contributed by atoms with Crippen molar-refractivity contribution in [3.8, 4) is 0 Å². The predicted molar refractivity (Wildman–Crippen MR) is 66.7 cm³/mol. The van der Waals surface area contributed by atoms with Gasteiger partial charge in [-0.3, -0.25) is 0 Å². The molecule has 0 aliphatic carbocycles. The number of hydrogen-bond donors (Lipinski definition) is 2. The molecule has 1 aromatic rings. The van der Waals surface area contributed by atoms with E-state index in [4.69, 9.17) is 0 Å². The lowest BCUT2D eigenvalue weighted by Crippen LogP contribution is -2.30. The van der Waals surface area contributed by atoms with Crippen molar-refractivity contribution in [2.75, 3.05) is 6.54 Å². The van der Waals surface area contributed by atoms with Gasteiger partial charge in [0.2, 0.25) is 0 Å². The molecule has 0 saturated carbocycles. The molecule has 16 heavy (non-hydrogen) atoms. The van der Waals surface area contributed by atoms with E-state index in [0.29, 0.717) is 17.6 Å². The minimum absolute atomic E-state index is 0.231. The number of aliphatic hydroxyl groups is 1. The van der Waals surface area contributed by atoms with Gasteiger partial charge in [-0.15, -0.1) is 0 Å². The molecule has 0 radical (unpaired) electrons. The van der Waals surface area contributed by atoms with Crippen molar-refractivity contribution in [1.82, 2.24) is 5.32 Å². The Kier molecular flexibility index (Phi) is 5.38. The number of halogens is 2. The Morgan fingerprint density at radius 1 is 1.44 bits per heavy atom. The van der Waals surface area contributed by atoms with Gasteiger partial charge in [0, 0.05) is 13.1 Å². The van der Waals surface area contributed by atoms with Crippen LogP contribution in [0.5, 0.6) is 0 Å². The van der Waals surface area contributed by atoms with E-state index < -0.39 is 0 Å². The van der Waals surface area contributed by atoms with Crippen LogP contribution in [0.4, 0.5) is 4.39 Å². The molecule has 2 nitrogen and oxygen atoms in total. The largest absolute Gasteiger partial charge is 0.392 e. The molecule has 0 saturated heterocycles. The zero-order chi connectivity index (χ0) is 12.1. The molecule has 0 heterocycles. The highest BCUT2D eigenvalue weighted by molar-refractivity contribution is 9.10. The van der Waals surface area contributed by atoms with Gasteiger partial charge in [-0.1, -0.05) is 19.9 Å². The van der Waals surface area contributed by atoms with Crippen LogP contribution in [0.15, 0.2) is 22.7 Å². The summed E-state index contributed by atoms with van der Waals surface area (Å²) in [6.07, 6.45) is -0.361. The van der Waals surface area contributed by atoms with E-state index in [1.807, 2.05) is 19.9 Å². The topological polar surface area (TPSA) is 32.3 Å². The molecule has 0 amide bonds. The molecule has 1 unspecified atom stereocenters. The van der Waals surface area contributed by atoms with Gasteiger partial charge in [0.05, 0.1) is 10.6 Å². The third-order valence-corrected chi connectivity index (χ3v) is 3.08. The first-order chi connectivity index (χ1) is 7.50. The molecule has 90 valence electrons. The number of hydrogen-bond acceptors (Lipinski definition) is 2. The highest BCUT2D eigenvalue weighted by Gasteiger charge is 2.08. The first kappa shape index (κ1) is 13.6. The lowest BCUT2D eigenvalue weighted by atomic mass is 10.1. The lowest BCUT2D eigenvalue weighted by molar-refractivity contribution is 0.123. The molecule has 0 aromatic heterocycles. The van der Waals surface area contributed by atoms with E-state index in [1.165, 1.54) is 6.07 Å². The monoisotopic (exact) mass is 289 g/mol. The van der Waals surface area contributed by atoms with Crippen LogP contribution >= 0.6 is 15.9 Å². The van der Waals surface area contributed by atoms with Crippen molar-refractivity contribution < 1.29 is 9.50 Å². The van der Waals surface area contributed by atoms with Crippen LogP contribution in [0.25, 0.3) is 0 Å². The minimum Gasteiger partial charge on any atom is -0.392 e. The molecule has 0 aliphatic heterocycles. The maximum atomic E-state index is 13.2. The third kappa shape index (κ3) is 4.20. The van der Waals surface area contributed by atoms with Gasteiger partial charge in [-0.05, 0) is 39.5 Å². The predicted octanol–water partition coefficient (Wildman–Crippen LogP) is 2.69. The first-order valence-corrected chi connectivity index (χ1v) is 6.12. The molecule has 0 spiro atoms. The number of rotatable bonds is 5. The smallest absolute Gasteiger partial charge is 0.137 e. The average molecular weight is 290 g/mol. The number of benzene rings is 1. The normalized spacial score (nSPS) is 13.1. The minimum atomic E-state index is -0.361. The molecule has 0 aliphatic rings. The fraction of sp³-hybridized carbons (Fsp3) is 0.500. The van der Waals surface area contributed by atoms with Gasteiger partial charge in [-0.2, -0.15) is 0 Å². The Hall–Kier alpha value is -0.450. The maximum Gasteiger partial charge on any atom is 0.137 e. The molecule has 1 atom stereocenters. The van der Waals surface area contributed by atoms with Gasteiger partial charge < -0.3 is 10.4 Å². The summed E-state index contributed by atoms with van der Waals surface area (Å²) in [5.74, 6) is -0.0298. The van der Waals surface area contributed by atoms with Crippen LogP contribution in [-0.4, -0.2) is 17.8 Å². The van der Waals surface area contributed by atoms with Crippen molar-refractivity contribution in [1.29, 1.82) is 0 Å². The SMILES string of the molecule is CC(C)C(O)CNCc1ccc(Br)c(F)c1. The number of aliphatic hydroxyl groups excluding tert-OH is 1. The first-order valence-electron chi connectivity index (χ1n) is 5.33. The van der Waals surface area contributed by atoms with Gasteiger partial charge in [-0.25, -0.2) is 4.39 Å². The summed E-state index contributed by atoms with van der Waals surface area (Å²) in [5, 5.41) is 12.7. The summed E-state index contributed by atoms with van der Waals surface area (Å²) in [4.78, 5) is 0. The van der Waals surface area contributed by atoms with Crippen molar-refractivity contribution in [3.05, 3.63) is 34.1 Å². The lowest BCUT2D eigenvalue weighted by Gasteiger charge is -2.15. The highest BCUT2D eigenvalue weighted by Crippen LogP contribution is 2.16. The molecule has 4 heteroatoms. The summed E-state index contributed by atoms with van der Waals surface area (Å²) in [5.41, 5.74) is 0.872. The van der Waals surface area contributed by atoms with Gasteiger partial charge in [0.15, 0.2) is 0 Å². The molecule has 0 bridgehead atoms. The van der Waals surface area contributed by atoms with Crippen molar-refractivity contribution in [2.24, 2.45) is 5.92 Å². The van der Waals surface area contributed by atoms with Crippen LogP contribution in [-0.2, 0) is 6.54 Å². The Labute approximate surface area is 104 Å². The van der Waals surface area contributed by atoms with E-state index in [9.17, 15) is 9.50 Å². The molecule has 2 N–H and O–H groups in total. The number of nitrogens with one attached hydrogen (secondary N) is 1. The van der Waals surface area contributed by atoms with E-state index >= 15 is 0 Å². The quantitative estimate of drug-likeness (QED) is 0.874. The van der Waals surface area contributed by atoms with Crippen LogP contribution in [0.3, 0.4) is 0 Å². The van der Waals surface area contributed by atoms with Gasteiger partial charge >= 0.3 is 0 Å². The van der Waals surface area contributed by atoms with Crippen LogP contribution in [0, 0.1) is 11.7 Å². The van der Waals surface area contributed by atoms with E-state index in [1.54, 1.807) is 6.07 Å². The Morgan fingerprint density at radius 3 is 2.69 bits per heavy atom. The van der Waals surface area contributed by atoms with Gasteiger partial charge in [0.1, 0.15) is 5.82 Å². The Bertz CT molecular complexity index is 344.